The summed E-state index contributed by atoms with van der Waals surface area (Å²) in [6, 6.07) is 12.3. The highest BCUT2D eigenvalue weighted by Crippen LogP contribution is 2.39. The van der Waals surface area contributed by atoms with E-state index in [0.29, 0.717) is 11.8 Å². The third-order valence-electron chi connectivity index (χ3n) is 9.78. The average molecular weight is 646 g/mol. The predicted molar refractivity (Wildman–Crippen MR) is 183 cm³/mol. The van der Waals surface area contributed by atoms with Crippen LogP contribution in [0.4, 0.5) is 0 Å². The summed E-state index contributed by atoms with van der Waals surface area (Å²) < 4.78 is 14.3. The lowest BCUT2D eigenvalue weighted by Gasteiger charge is -2.33. The summed E-state index contributed by atoms with van der Waals surface area (Å²) in [7, 11) is 0. The molecule has 47 heavy (non-hydrogen) atoms. The number of ether oxygens (including phenoxy) is 2. The van der Waals surface area contributed by atoms with Crippen LogP contribution in [0.1, 0.15) is 101 Å². The van der Waals surface area contributed by atoms with Gasteiger partial charge >= 0.3 is 0 Å². The highest BCUT2D eigenvalue weighted by atomic mass is 16.5. The van der Waals surface area contributed by atoms with Gasteiger partial charge in [-0.25, -0.2) is 0 Å². The number of aliphatic imine (C=N–C) groups is 1. The molecule has 254 valence electrons. The average Bonchev–Trinajstić information content (AvgIpc) is 3.49. The van der Waals surface area contributed by atoms with Crippen LogP contribution in [0.15, 0.2) is 59.4 Å². The fourth-order valence-corrected chi connectivity index (χ4v) is 6.91. The Morgan fingerprint density at radius 1 is 1.09 bits per heavy atom. The number of nitrogens with one attached hydrogen (secondary N) is 1. The van der Waals surface area contributed by atoms with Crippen molar-refractivity contribution in [3.05, 3.63) is 71.3 Å². The van der Waals surface area contributed by atoms with Gasteiger partial charge in [0.05, 0.1) is 26.0 Å². The number of aromatic nitrogens is 3. The lowest BCUT2D eigenvalue weighted by Crippen LogP contribution is -2.89. The van der Waals surface area contributed by atoms with E-state index in [4.69, 9.17) is 20.2 Å². The van der Waals surface area contributed by atoms with Gasteiger partial charge in [-0.05, 0) is 48.9 Å². The Kier molecular flexibility index (Phi) is 10.9. The Balaban J connectivity index is 1.14. The van der Waals surface area contributed by atoms with Crippen LogP contribution >= 0.6 is 0 Å². The molecule has 2 aliphatic carbocycles. The summed E-state index contributed by atoms with van der Waals surface area (Å²) in [5.74, 6) is 3.00. The molecular weight excluding hydrogens is 592 g/mol. The Morgan fingerprint density at radius 2 is 1.85 bits per heavy atom. The molecule has 2 fully saturated rings. The maximum atomic E-state index is 11.2. The molecule has 6 rings (SSSR count). The van der Waals surface area contributed by atoms with Gasteiger partial charge in [-0.1, -0.05) is 64.3 Å². The van der Waals surface area contributed by atoms with Crippen molar-refractivity contribution in [1.82, 2.24) is 24.8 Å². The highest BCUT2D eigenvalue weighted by molar-refractivity contribution is 5.85. The molecule has 1 aromatic carbocycles. The van der Waals surface area contributed by atoms with Gasteiger partial charge in [0.1, 0.15) is 17.7 Å². The van der Waals surface area contributed by atoms with Gasteiger partial charge in [0.25, 0.3) is 0 Å². The second-order valence-electron chi connectivity index (χ2n) is 14.2. The molecule has 11 heteroatoms. The highest BCUT2D eigenvalue weighted by Gasteiger charge is 2.30. The molecule has 1 saturated carbocycles. The van der Waals surface area contributed by atoms with E-state index in [0.717, 1.165) is 86.3 Å². The topological polar surface area (TPSA) is 139 Å². The number of benzene rings is 1. The molecule has 3 aromatic rings. The van der Waals surface area contributed by atoms with E-state index in [-0.39, 0.29) is 17.6 Å². The second kappa shape index (κ2) is 15.3. The van der Waals surface area contributed by atoms with Crippen LogP contribution < -0.4 is 21.1 Å². The van der Waals surface area contributed by atoms with Crippen LogP contribution in [0, 0.1) is 5.41 Å². The molecule has 1 aliphatic heterocycles. The molecule has 0 amide bonds. The van der Waals surface area contributed by atoms with Gasteiger partial charge in [0, 0.05) is 48.8 Å². The summed E-state index contributed by atoms with van der Waals surface area (Å²) in [6.45, 7) is 11.4. The molecule has 2 aromatic heterocycles. The van der Waals surface area contributed by atoms with Gasteiger partial charge in [0.15, 0.2) is 5.65 Å². The SMILES string of the molecule is CC(C)(C)C(N)=CC(=NC(O)NC1CCC(Oc2ccc3nnc(C4CCCCC4)n3c2)c2ccccc21)[NH2+]CCN1CCOCC1. The summed E-state index contributed by atoms with van der Waals surface area (Å²) in [5.41, 5.74) is 10.1. The number of hydrogen-bond donors (Lipinski definition) is 4. The van der Waals surface area contributed by atoms with Crippen molar-refractivity contribution < 1.29 is 19.9 Å². The smallest absolute Gasteiger partial charge is 0.225 e. The Bertz CT molecular complexity index is 1530. The number of rotatable bonds is 10. The van der Waals surface area contributed by atoms with Crippen LogP contribution in [-0.2, 0) is 4.74 Å². The minimum atomic E-state index is -1.08. The lowest BCUT2D eigenvalue weighted by molar-refractivity contribution is -0.539. The molecule has 3 atom stereocenters. The largest absolute Gasteiger partial charge is 0.484 e. The van der Waals surface area contributed by atoms with Gasteiger partial charge in [0.2, 0.25) is 12.2 Å². The Labute approximate surface area is 278 Å². The van der Waals surface area contributed by atoms with Crippen LogP contribution in [0.25, 0.3) is 5.65 Å². The fraction of sp³-hybridized carbons (Fsp3) is 0.583. The number of hydrogen-bond acceptors (Lipinski definition) is 9. The normalized spacial score (nSPS) is 22.7. The summed E-state index contributed by atoms with van der Waals surface area (Å²) in [5, 5.41) is 25.7. The molecule has 1 saturated heterocycles. The van der Waals surface area contributed by atoms with E-state index >= 15 is 0 Å². The first-order valence-electron chi connectivity index (χ1n) is 17.5. The number of pyridine rings is 1. The second-order valence-corrected chi connectivity index (χ2v) is 14.2. The minimum absolute atomic E-state index is 0.0680. The van der Waals surface area contributed by atoms with E-state index < -0.39 is 6.35 Å². The van der Waals surface area contributed by atoms with Gasteiger partial charge in [-0.3, -0.25) is 19.9 Å². The molecule has 11 nitrogen and oxygen atoms in total. The molecule has 0 bridgehead atoms. The summed E-state index contributed by atoms with van der Waals surface area (Å²) in [6.07, 6.45) is 10.5. The van der Waals surface area contributed by atoms with Crippen molar-refractivity contribution in [3.8, 4) is 5.75 Å². The zero-order valence-corrected chi connectivity index (χ0v) is 28.3. The molecule has 3 heterocycles. The molecule has 0 radical (unpaired) electrons. The van der Waals surface area contributed by atoms with E-state index in [1.807, 2.05) is 24.3 Å². The van der Waals surface area contributed by atoms with Crippen molar-refractivity contribution in [1.29, 1.82) is 0 Å². The molecular formula is C36H53N8O3+. The number of allylic oxidation sites excluding steroid dienone is 1. The first kappa shape index (κ1) is 33.5. The Hall–Kier alpha value is -3.35. The zero-order valence-electron chi connectivity index (χ0n) is 28.3. The van der Waals surface area contributed by atoms with Gasteiger partial charge < -0.3 is 20.3 Å². The summed E-state index contributed by atoms with van der Waals surface area (Å²) in [4.78, 5) is 7.09. The van der Waals surface area contributed by atoms with Crippen molar-refractivity contribution in [2.45, 2.75) is 90.1 Å². The third-order valence-corrected chi connectivity index (χ3v) is 9.78. The van der Waals surface area contributed by atoms with Crippen LogP contribution in [0.5, 0.6) is 5.75 Å². The molecule has 3 aliphatic rings. The predicted octanol–water partition coefficient (Wildman–Crippen LogP) is 3.78. The van der Waals surface area contributed by atoms with E-state index in [2.05, 4.69) is 75.3 Å². The van der Waals surface area contributed by atoms with Crippen LogP contribution in [0.3, 0.4) is 0 Å². The van der Waals surface area contributed by atoms with Crippen molar-refractivity contribution in [3.63, 3.8) is 0 Å². The van der Waals surface area contributed by atoms with Crippen molar-refractivity contribution >= 4 is 11.5 Å². The number of aliphatic hydroxyl groups is 1. The maximum absolute atomic E-state index is 11.2. The standard InChI is InChI=1S/C36H52N8O3/c1-36(2,3)31(37)23-32(38-17-18-43-19-21-46-22-20-43)40-35(45)39-29-14-15-30(28-12-8-7-11-27(28)29)47-26-13-16-33-41-42-34(44(33)24-26)25-9-5-4-6-10-25/h7-8,11-13,16,23-25,29-30,35,39,45H,4-6,9-10,14-15,17-22,37H2,1-3H3,(H,38,40)/p+1. The van der Waals surface area contributed by atoms with E-state index in [1.54, 1.807) is 0 Å². The number of aliphatic hydroxyl groups excluding tert-OH is 1. The third kappa shape index (κ3) is 8.58. The molecule has 6 N–H and O–H groups in total. The van der Waals surface area contributed by atoms with E-state index in [1.165, 1.54) is 32.1 Å². The maximum Gasteiger partial charge on any atom is 0.225 e. The van der Waals surface area contributed by atoms with Crippen LogP contribution in [0.2, 0.25) is 0 Å². The first-order chi connectivity index (χ1) is 22.7. The monoisotopic (exact) mass is 645 g/mol. The van der Waals surface area contributed by atoms with Crippen molar-refractivity contribution in [2.24, 2.45) is 16.1 Å². The minimum Gasteiger partial charge on any atom is -0.484 e. The fourth-order valence-electron chi connectivity index (χ4n) is 6.91. The van der Waals surface area contributed by atoms with Crippen LogP contribution in [-0.4, -0.2) is 76.2 Å². The quantitative estimate of drug-likeness (QED) is 0.149. The number of quaternary nitrogens is 1. The number of fused-ring (bicyclic) bond motifs is 2. The number of nitrogens with zero attached hydrogens (tertiary/aromatic N) is 5. The zero-order chi connectivity index (χ0) is 32.8. The van der Waals surface area contributed by atoms with Gasteiger partial charge in [-0.15, -0.1) is 10.2 Å². The number of nitrogens with two attached hydrogens (primary N) is 2. The van der Waals surface area contributed by atoms with Crippen molar-refractivity contribution in [2.75, 3.05) is 39.4 Å². The van der Waals surface area contributed by atoms with Gasteiger partial charge in [-0.2, -0.15) is 4.99 Å². The molecule has 3 unspecified atom stereocenters. The Morgan fingerprint density at radius 3 is 2.62 bits per heavy atom. The number of amidine groups is 1. The summed E-state index contributed by atoms with van der Waals surface area (Å²) >= 11 is 0. The first-order valence-corrected chi connectivity index (χ1v) is 17.5. The molecule has 0 spiro atoms. The van der Waals surface area contributed by atoms with E-state index in [9.17, 15) is 5.11 Å². The number of morpholine rings is 1. The lowest BCUT2D eigenvalue weighted by atomic mass is 9.85.